The molecule has 0 amide bonds. The van der Waals surface area contributed by atoms with E-state index < -0.39 is 0 Å². The molecule has 1 rings (SSSR count). The monoisotopic (exact) mass is 154 g/mol. The van der Waals surface area contributed by atoms with E-state index in [1.807, 2.05) is 0 Å². The Labute approximate surface area is 64.3 Å². The molecule has 0 unspecified atom stereocenters. The van der Waals surface area contributed by atoms with Crippen LogP contribution in [-0.2, 0) is 0 Å². The second kappa shape index (κ2) is 2.57. The molecule has 0 bridgehead atoms. The maximum absolute atomic E-state index is 9.09. The summed E-state index contributed by atoms with van der Waals surface area (Å²) in [4.78, 5) is 0. The van der Waals surface area contributed by atoms with Gasteiger partial charge in [0.15, 0.2) is 0 Å². The number of aromatic hydroxyl groups is 2. The average molecular weight is 154 g/mol. The fourth-order valence-electron chi connectivity index (χ4n) is 0.767. The van der Waals surface area contributed by atoms with Crippen LogP contribution in [0.2, 0.25) is 0 Å². The standard InChI is InChI=1S/C7H10N2O2/c1-9-4-2-5(10)7(8)6(11)3-4/h2-3,9-11H,8H2,1H3. The zero-order chi connectivity index (χ0) is 8.43. The highest BCUT2D eigenvalue weighted by atomic mass is 16.3. The first-order valence-corrected chi connectivity index (χ1v) is 3.14. The van der Waals surface area contributed by atoms with Gasteiger partial charge >= 0.3 is 0 Å². The topological polar surface area (TPSA) is 78.5 Å². The lowest BCUT2D eigenvalue weighted by atomic mass is 10.2. The summed E-state index contributed by atoms with van der Waals surface area (Å²) in [5.74, 6) is -0.233. The average Bonchev–Trinajstić information content (AvgIpc) is 1.99. The van der Waals surface area contributed by atoms with Crippen LogP contribution in [0.15, 0.2) is 12.1 Å². The largest absolute Gasteiger partial charge is 0.506 e. The molecule has 1 aromatic carbocycles. The van der Waals surface area contributed by atoms with Crippen LogP contribution < -0.4 is 11.1 Å². The lowest BCUT2D eigenvalue weighted by Crippen LogP contribution is -1.91. The summed E-state index contributed by atoms with van der Waals surface area (Å²) in [6.45, 7) is 0. The van der Waals surface area contributed by atoms with Crippen molar-refractivity contribution >= 4 is 11.4 Å². The number of nitrogens with one attached hydrogen (secondary N) is 1. The fourth-order valence-corrected chi connectivity index (χ4v) is 0.767. The molecule has 0 aromatic heterocycles. The highest BCUT2D eigenvalue weighted by Gasteiger charge is 2.03. The van der Waals surface area contributed by atoms with E-state index >= 15 is 0 Å². The SMILES string of the molecule is CNc1cc(O)c(N)c(O)c1. The maximum Gasteiger partial charge on any atom is 0.144 e. The molecule has 0 radical (unpaired) electrons. The smallest absolute Gasteiger partial charge is 0.144 e. The molecule has 1 aromatic rings. The van der Waals surface area contributed by atoms with Gasteiger partial charge < -0.3 is 21.3 Å². The normalized spacial score (nSPS) is 9.55. The van der Waals surface area contributed by atoms with Crippen molar-refractivity contribution in [2.24, 2.45) is 0 Å². The third-order valence-corrected chi connectivity index (χ3v) is 1.43. The molecule has 60 valence electrons. The van der Waals surface area contributed by atoms with Gasteiger partial charge in [-0.15, -0.1) is 0 Å². The second-order valence-electron chi connectivity index (χ2n) is 2.18. The molecule has 11 heavy (non-hydrogen) atoms. The number of rotatable bonds is 1. The molecule has 0 spiro atoms. The summed E-state index contributed by atoms with van der Waals surface area (Å²) in [5, 5.41) is 20.9. The van der Waals surface area contributed by atoms with Crippen LogP contribution in [-0.4, -0.2) is 17.3 Å². The Morgan fingerprint density at radius 3 is 2.09 bits per heavy atom. The Hall–Kier alpha value is -1.58. The van der Waals surface area contributed by atoms with Gasteiger partial charge in [0.25, 0.3) is 0 Å². The van der Waals surface area contributed by atoms with Crippen LogP contribution in [0.5, 0.6) is 11.5 Å². The highest BCUT2D eigenvalue weighted by Crippen LogP contribution is 2.33. The van der Waals surface area contributed by atoms with Crippen molar-refractivity contribution in [2.45, 2.75) is 0 Å². The Bertz CT molecular complexity index is 250. The van der Waals surface area contributed by atoms with Crippen LogP contribution >= 0.6 is 0 Å². The minimum Gasteiger partial charge on any atom is -0.506 e. The summed E-state index contributed by atoms with van der Waals surface area (Å²) in [6, 6.07) is 2.88. The zero-order valence-electron chi connectivity index (χ0n) is 6.13. The van der Waals surface area contributed by atoms with Crippen molar-refractivity contribution in [1.29, 1.82) is 0 Å². The third-order valence-electron chi connectivity index (χ3n) is 1.43. The van der Waals surface area contributed by atoms with Crippen molar-refractivity contribution < 1.29 is 10.2 Å². The van der Waals surface area contributed by atoms with Crippen molar-refractivity contribution in [1.82, 2.24) is 0 Å². The maximum atomic E-state index is 9.09. The van der Waals surface area contributed by atoms with Gasteiger partial charge in [0, 0.05) is 24.9 Å². The summed E-state index contributed by atoms with van der Waals surface area (Å²) in [5.41, 5.74) is 5.90. The number of phenolic OH excluding ortho intramolecular Hbond substituents is 2. The highest BCUT2D eigenvalue weighted by molar-refractivity contribution is 5.68. The van der Waals surface area contributed by atoms with E-state index in [0.717, 1.165) is 0 Å². The Kier molecular flexibility index (Phi) is 1.76. The summed E-state index contributed by atoms with van der Waals surface area (Å²) in [7, 11) is 1.68. The number of benzene rings is 1. The molecule has 0 saturated heterocycles. The first-order chi connectivity index (χ1) is 5.15. The van der Waals surface area contributed by atoms with Gasteiger partial charge in [-0.05, 0) is 0 Å². The van der Waals surface area contributed by atoms with Gasteiger partial charge in [0.1, 0.15) is 17.2 Å². The molecular weight excluding hydrogens is 144 g/mol. The zero-order valence-corrected chi connectivity index (χ0v) is 6.13. The van der Waals surface area contributed by atoms with Crippen LogP contribution in [0.4, 0.5) is 11.4 Å². The number of anilines is 2. The summed E-state index contributed by atoms with van der Waals surface area (Å²) in [6.07, 6.45) is 0. The van der Waals surface area contributed by atoms with E-state index in [0.29, 0.717) is 5.69 Å². The van der Waals surface area contributed by atoms with Gasteiger partial charge in [-0.1, -0.05) is 0 Å². The predicted molar refractivity (Wildman–Crippen MR) is 43.7 cm³/mol. The molecule has 0 aliphatic heterocycles. The van der Waals surface area contributed by atoms with E-state index in [4.69, 9.17) is 15.9 Å². The van der Waals surface area contributed by atoms with Crippen molar-refractivity contribution in [3.05, 3.63) is 12.1 Å². The number of hydrogen-bond donors (Lipinski definition) is 4. The van der Waals surface area contributed by atoms with Gasteiger partial charge in [0.2, 0.25) is 0 Å². The minimum absolute atomic E-state index is 0.00370. The van der Waals surface area contributed by atoms with E-state index in [9.17, 15) is 0 Å². The quantitative estimate of drug-likeness (QED) is 0.355. The van der Waals surface area contributed by atoms with E-state index in [1.54, 1.807) is 7.05 Å². The minimum atomic E-state index is -0.116. The van der Waals surface area contributed by atoms with Gasteiger partial charge in [-0.25, -0.2) is 0 Å². The summed E-state index contributed by atoms with van der Waals surface area (Å²) < 4.78 is 0. The third kappa shape index (κ3) is 1.29. The molecular formula is C7H10N2O2. The molecule has 5 N–H and O–H groups in total. The number of nitrogen functional groups attached to an aromatic ring is 1. The van der Waals surface area contributed by atoms with Crippen LogP contribution in [0.25, 0.3) is 0 Å². The van der Waals surface area contributed by atoms with E-state index in [2.05, 4.69) is 5.32 Å². The van der Waals surface area contributed by atoms with Gasteiger partial charge in [0.05, 0.1) is 0 Å². The summed E-state index contributed by atoms with van der Waals surface area (Å²) >= 11 is 0. The van der Waals surface area contributed by atoms with Crippen molar-refractivity contribution in [3.8, 4) is 11.5 Å². The first kappa shape index (κ1) is 7.53. The number of phenols is 2. The van der Waals surface area contributed by atoms with Crippen LogP contribution in [0, 0.1) is 0 Å². The molecule has 0 aliphatic rings. The second-order valence-corrected chi connectivity index (χ2v) is 2.18. The molecule has 0 fully saturated rings. The lowest BCUT2D eigenvalue weighted by Gasteiger charge is -2.05. The number of hydrogen-bond acceptors (Lipinski definition) is 4. The van der Waals surface area contributed by atoms with Crippen LogP contribution in [0.3, 0.4) is 0 Å². The Morgan fingerprint density at radius 2 is 1.73 bits per heavy atom. The number of nitrogens with two attached hydrogens (primary N) is 1. The molecule has 4 nitrogen and oxygen atoms in total. The van der Waals surface area contributed by atoms with Crippen molar-refractivity contribution in [3.63, 3.8) is 0 Å². The lowest BCUT2D eigenvalue weighted by molar-refractivity contribution is 0.456. The Morgan fingerprint density at radius 1 is 1.27 bits per heavy atom. The van der Waals surface area contributed by atoms with E-state index in [1.165, 1.54) is 12.1 Å². The van der Waals surface area contributed by atoms with Gasteiger partial charge in [-0.3, -0.25) is 0 Å². The fraction of sp³-hybridized carbons (Fsp3) is 0.143. The predicted octanol–water partition coefficient (Wildman–Crippen LogP) is 0.722. The van der Waals surface area contributed by atoms with E-state index in [-0.39, 0.29) is 17.2 Å². The van der Waals surface area contributed by atoms with Crippen molar-refractivity contribution in [2.75, 3.05) is 18.1 Å². The molecule has 0 saturated carbocycles. The molecule has 0 atom stereocenters. The Balaban J connectivity index is 3.21. The molecule has 0 heterocycles. The molecule has 0 aliphatic carbocycles. The van der Waals surface area contributed by atoms with Crippen LogP contribution in [0.1, 0.15) is 0 Å². The molecule has 4 heteroatoms. The van der Waals surface area contributed by atoms with Gasteiger partial charge in [-0.2, -0.15) is 0 Å². The first-order valence-electron chi connectivity index (χ1n) is 3.14.